The summed E-state index contributed by atoms with van der Waals surface area (Å²) in [4.78, 5) is 13.1. The van der Waals surface area contributed by atoms with Gasteiger partial charge in [0.05, 0.1) is 10.9 Å². The molecule has 0 spiro atoms. The summed E-state index contributed by atoms with van der Waals surface area (Å²) < 4.78 is 13.8. The number of halogens is 2. The average Bonchev–Trinajstić information content (AvgIpc) is 2.34. The molecular weight excluding hydrogens is 269 g/mol. The predicted octanol–water partition coefficient (Wildman–Crippen LogP) is 3.02. The lowest BCUT2D eigenvalue weighted by Crippen LogP contribution is -2.42. The van der Waals surface area contributed by atoms with E-state index in [1.165, 1.54) is 6.07 Å². The maximum atomic E-state index is 13.8. The zero-order valence-electron chi connectivity index (χ0n) is 10.8. The van der Waals surface area contributed by atoms with E-state index in [0.29, 0.717) is 31.0 Å². The summed E-state index contributed by atoms with van der Waals surface area (Å²) in [6.07, 6.45) is 0.684. The molecule has 1 fully saturated rings. The van der Waals surface area contributed by atoms with Crippen molar-refractivity contribution < 1.29 is 14.3 Å². The van der Waals surface area contributed by atoms with Crippen LogP contribution in [0.2, 0.25) is 5.02 Å². The second-order valence-electron chi connectivity index (χ2n) is 5.28. The van der Waals surface area contributed by atoms with E-state index < -0.39 is 11.8 Å². The average molecular weight is 286 g/mol. The van der Waals surface area contributed by atoms with Gasteiger partial charge in [-0.05, 0) is 18.4 Å². The fourth-order valence-electron chi connectivity index (χ4n) is 2.68. The van der Waals surface area contributed by atoms with E-state index >= 15 is 0 Å². The molecule has 1 heterocycles. The highest BCUT2D eigenvalue weighted by molar-refractivity contribution is 6.30. The van der Waals surface area contributed by atoms with Crippen LogP contribution in [-0.2, 0) is 11.3 Å². The summed E-state index contributed by atoms with van der Waals surface area (Å²) in [7, 11) is 0. The summed E-state index contributed by atoms with van der Waals surface area (Å²) in [5.74, 6) is -1.25. The summed E-state index contributed by atoms with van der Waals surface area (Å²) in [5.41, 5.74) is 0.519. The van der Waals surface area contributed by atoms with E-state index in [0.717, 1.165) is 6.54 Å². The van der Waals surface area contributed by atoms with Gasteiger partial charge in [0.1, 0.15) is 5.82 Å². The minimum Gasteiger partial charge on any atom is -0.481 e. The molecule has 1 aliphatic rings. The SMILES string of the molecule is CC1CC(C(=O)O)CN(Cc2cccc(Cl)c2F)C1. The van der Waals surface area contributed by atoms with E-state index in [1.807, 2.05) is 11.8 Å². The lowest BCUT2D eigenvalue weighted by molar-refractivity contribution is -0.144. The van der Waals surface area contributed by atoms with E-state index in [-0.39, 0.29) is 10.9 Å². The quantitative estimate of drug-likeness (QED) is 0.928. The monoisotopic (exact) mass is 285 g/mol. The number of benzene rings is 1. The maximum Gasteiger partial charge on any atom is 0.307 e. The van der Waals surface area contributed by atoms with Crippen molar-refractivity contribution in [2.24, 2.45) is 11.8 Å². The Balaban J connectivity index is 2.09. The van der Waals surface area contributed by atoms with Crippen LogP contribution in [0.3, 0.4) is 0 Å². The highest BCUT2D eigenvalue weighted by Gasteiger charge is 2.29. The molecule has 0 aliphatic carbocycles. The van der Waals surface area contributed by atoms with Gasteiger partial charge in [-0.2, -0.15) is 0 Å². The lowest BCUT2D eigenvalue weighted by Gasteiger charge is -2.34. The first-order valence-electron chi connectivity index (χ1n) is 6.35. The Morgan fingerprint density at radius 3 is 2.95 bits per heavy atom. The summed E-state index contributed by atoms with van der Waals surface area (Å²) in [6.45, 7) is 3.68. The Hall–Kier alpha value is -1.13. The van der Waals surface area contributed by atoms with Crippen molar-refractivity contribution in [3.63, 3.8) is 0 Å². The topological polar surface area (TPSA) is 40.5 Å². The number of carbonyl (C=O) groups is 1. The van der Waals surface area contributed by atoms with Crippen LogP contribution in [0, 0.1) is 17.7 Å². The first-order valence-corrected chi connectivity index (χ1v) is 6.73. The third kappa shape index (κ3) is 3.45. The molecule has 1 N–H and O–H groups in total. The molecule has 5 heteroatoms. The fourth-order valence-corrected chi connectivity index (χ4v) is 2.88. The van der Waals surface area contributed by atoms with E-state index in [4.69, 9.17) is 16.7 Å². The normalized spacial score (nSPS) is 24.4. The second kappa shape index (κ2) is 5.88. The number of nitrogens with zero attached hydrogens (tertiary/aromatic N) is 1. The van der Waals surface area contributed by atoms with Gasteiger partial charge in [0.2, 0.25) is 0 Å². The van der Waals surface area contributed by atoms with Gasteiger partial charge in [0.25, 0.3) is 0 Å². The molecule has 0 radical (unpaired) electrons. The van der Waals surface area contributed by atoms with Crippen LogP contribution in [0.5, 0.6) is 0 Å². The number of carboxylic acid groups (broad SMARTS) is 1. The molecule has 19 heavy (non-hydrogen) atoms. The fraction of sp³-hybridized carbons (Fsp3) is 0.500. The van der Waals surface area contributed by atoms with Gasteiger partial charge in [-0.25, -0.2) is 4.39 Å². The van der Waals surface area contributed by atoms with Crippen LogP contribution in [0.4, 0.5) is 4.39 Å². The van der Waals surface area contributed by atoms with Crippen molar-refractivity contribution in [1.82, 2.24) is 4.90 Å². The maximum absolute atomic E-state index is 13.8. The standard InChI is InChI=1S/C14H17ClFNO2/c1-9-5-11(14(18)19)8-17(6-9)7-10-3-2-4-12(15)13(10)16/h2-4,9,11H,5-8H2,1H3,(H,18,19). The van der Waals surface area contributed by atoms with Gasteiger partial charge >= 0.3 is 5.97 Å². The molecule has 1 saturated heterocycles. The first-order chi connectivity index (χ1) is 8.97. The van der Waals surface area contributed by atoms with Gasteiger partial charge in [-0.1, -0.05) is 30.7 Å². The minimum atomic E-state index is -0.775. The molecule has 1 aromatic rings. The number of hydrogen-bond acceptors (Lipinski definition) is 2. The molecular formula is C14H17ClFNO2. The van der Waals surface area contributed by atoms with Gasteiger partial charge in [-0.15, -0.1) is 0 Å². The number of likely N-dealkylation sites (tertiary alicyclic amines) is 1. The van der Waals surface area contributed by atoms with Crippen LogP contribution in [0.1, 0.15) is 18.9 Å². The largest absolute Gasteiger partial charge is 0.481 e. The van der Waals surface area contributed by atoms with Crippen LogP contribution in [0.25, 0.3) is 0 Å². The van der Waals surface area contributed by atoms with Gasteiger partial charge < -0.3 is 5.11 Å². The van der Waals surface area contributed by atoms with Crippen molar-refractivity contribution in [1.29, 1.82) is 0 Å². The van der Waals surface area contributed by atoms with E-state index in [1.54, 1.807) is 12.1 Å². The highest BCUT2D eigenvalue weighted by atomic mass is 35.5. The minimum absolute atomic E-state index is 0.109. The molecule has 0 amide bonds. The number of aliphatic carboxylic acids is 1. The molecule has 0 bridgehead atoms. The highest BCUT2D eigenvalue weighted by Crippen LogP contribution is 2.25. The zero-order valence-corrected chi connectivity index (χ0v) is 11.5. The number of piperidine rings is 1. The van der Waals surface area contributed by atoms with Gasteiger partial charge in [0, 0.05) is 25.2 Å². The molecule has 0 aromatic heterocycles. The van der Waals surface area contributed by atoms with Crippen LogP contribution < -0.4 is 0 Å². The van der Waals surface area contributed by atoms with Crippen molar-refractivity contribution in [3.8, 4) is 0 Å². The Labute approximate surface area is 117 Å². The van der Waals surface area contributed by atoms with Crippen LogP contribution >= 0.6 is 11.6 Å². The molecule has 1 aliphatic heterocycles. The zero-order chi connectivity index (χ0) is 14.0. The second-order valence-corrected chi connectivity index (χ2v) is 5.69. The number of rotatable bonds is 3. The molecule has 0 saturated carbocycles. The van der Waals surface area contributed by atoms with Crippen molar-refractivity contribution in [3.05, 3.63) is 34.6 Å². The molecule has 1 aromatic carbocycles. The van der Waals surface area contributed by atoms with Crippen molar-refractivity contribution in [2.75, 3.05) is 13.1 Å². The van der Waals surface area contributed by atoms with E-state index in [9.17, 15) is 9.18 Å². The summed E-state index contributed by atoms with van der Waals surface area (Å²) in [6, 6.07) is 4.92. The molecule has 3 nitrogen and oxygen atoms in total. The van der Waals surface area contributed by atoms with Gasteiger partial charge in [0.15, 0.2) is 0 Å². The van der Waals surface area contributed by atoms with Crippen LogP contribution in [-0.4, -0.2) is 29.1 Å². The Bertz CT molecular complexity index is 481. The number of hydrogen-bond donors (Lipinski definition) is 1. The number of carboxylic acids is 1. The van der Waals surface area contributed by atoms with Crippen LogP contribution in [0.15, 0.2) is 18.2 Å². The summed E-state index contributed by atoms with van der Waals surface area (Å²) in [5, 5.41) is 9.23. The Kier molecular flexibility index (Phi) is 4.42. The molecule has 104 valence electrons. The van der Waals surface area contributed by atoms with Crippen molar-refractivity contribution in [2.45, 2.75) is 19.9 Å². The van der Waals surface area contributed by atoms with Gasteiger partial charge in [-0.3, -0.25) is 9.69 Å². The molecule has 2 rings (SSSR count). The third-order valence-electron chi connectivity index (χ3n) is 3.51. The third-order valence-corrected chi connectivity index (χ3v) is 3.80. The van der Waals surface area contributed by atoms with E-state index in [2.05, 4.69) is 0 Å². The first kappa shape index (κ1) is 14.3. The molecule has 2 atom stereocenters. The Morgan fingerprint density at radius 2 is 2.26 bits per heavy atom. The Morgan fingerprint density at radius 1 is 1.53 bits per heavy atom. The summed E-state index contributed by atoms with van der Waals surface area (Å²) >= 11 is 5.75. The predicted molar refractivity (Wildman–Crippen MR) is 71.6 cm³/mol. The molecule has 2 unspecified atom stereocenters. The smallest absolute Gasteiger partial charge is 0.307 e. The van der Waals surface area contributed by atoms with Crippen molar-refractivity contribution >= 4 is 17.6 Å². The lowest BCUT2D eigenvalue weighted by atomic mass is 9.90.